The predicted octanol–water partition coefficient (Wildman–Crippen LogP) is 3.01. The zero-order chi connectivity index (χ0) is 16.4. The fourth-order valence-electron chi connectivity index (χ4n) is 3.28. The van der Waals surface area contributed by atoms with E-state index in [0.29, 0.717) is 12.5 Å². The van der Waals surface area contributed by atoms with Gasteiger partial charge >= 0.3 is 0 Å². The summed E-state index contributed by atoms with van der Waals surface area (Å²) < 4.78 is 5.15. The first kappa shape index (κ1) is 15.4. The second-order valence-electron chi connectivity index (χ2n) is 5.95. The maximum absolute atomic E-state index is 5.15. The summed E-state index contributed by atoms with van der Waals surface area (Å²) in [5.74, 6) is 2.17. The van der Waals surface area contributed by atoms with Crippen LogP contribution in [0.5, 0.6) is 0 Å². The molecule has 124 valence electrons. The molecule has 1 unspecified atom stereocenters. The summed E-state index contributed by atoms with van der Waals surface area (Å²) in [6.07, 6.45) is 5.76. The first-order valence-electron chi connectivity index (χ1n) is 8.09. The molecule has 1 fully saturated rings. The van der Waals surface area contributed by atoms with Crippen LogP contribution >= 0.6 is 11.3 Å². The van der Waals surface area contributed by atoms with E-state index in [1.54, 1.807) is 24.8 Å². The minimum atomic E-state index is 0.390. The Kier molecular flexibility index (Phi) is 4.36. The molecule has 7 heteroatoms. The third-order valence-corrected chi connectivity index (χ3v) is 5.20. The van der Waals surface area contributed by atoms with Gasteiger partial charge in [0, 0.05) is 38.0 Å². The third-order valence-electron chi connectivity index (χ3n) is 4.38. The van der Waals surface area contributed by atoms with Crippen molar-refractivity contribution in [2.24, 2.45) is 0 Å². The Hall–Kier alpha value is -2.12. The maximum atomic E-state index is 5.15. The Labute approximate surface area is 144 Å². The Morgan fingerprint density at radius 1 is 1.29 bits per heavy atom. The van der Waals surface area contributed by atoms with Crippen molar-refractivity contribution in [2.75, 3.05) is 25.1 Å². The lowest BCUT2D eigenvalue weighted by molar-refractivity contribution is 0.177. The van der Waals surface area contributed by atoms with Crippen LogP contribution in [0.1, 0.15) is 30.3 Å². The van der Waals surface area contributed by atoms with E-state index in [-0.39, 0.29) is 0 Å². The van der Waals surface area contributed by atoms with Crippen LogP contribution in [0.3, 0.4) is 0 Å². The molecule has 0 N–H and O–H groups in total. The molecule has 1 aliphatic heterocycles. The second-order valence-corrected chi connectivity index (χ2v) is 6.85. The quantitative estimate of drug-likeness (QED) is 0.727. The van der Waals surface area contributed by atoms with Gasteiger partial charge in [-0.2, -0.15) is 0 Å². The van der Waals surface area contributed by atoms with Gasteiger partial charge in [-0.05, 0) is 30.4 Å². The number of fused-ring (bicyclic) bond motifs is 1. The molecule has 0 bridgehead atoms. The SMILES string of the molecule is COCc1nccc(C2CCCN(c3ncnc4sccc34)C2)n1. The van der Waals surface area contributed by atoms with Crippen LogP contribution in [0.15, 0.2) is 30.0 Å². The van der Waals surface area contributed by atoms with Crippen LogP contribution in [0.4, 0.5) is 5.82 Å². The van der Waals surface area contributed by atoms with Crippen LogP contribution in [0.25, 0.3) is 10.2 Å². The molecule has 0 radical (unpaired) electrons. The van der Waals surface area contributed by atoms with E-state index in [1.165, 1.54) is 0 Å². The van der Waals surface area contributed by atoms with E-state index < -0.39 is 0 Å². The highest BCUT2D eigenvalue weighted by molar-refractivity contribution is 7.16. The zero-order valence-electron chi connectivity index (χ0n) is 13.6. The average molecular weight is 341 g/mol. The van der Waals surface area contributed by atoms with Gasteiger partial charge in [0.1, 0.15) is 23.6 Å². The summed E-state index contributed by atoms with van der Waals surface area (Å²) in [5.41, 5.74) is 1.09. The summed E-state index contributed by atoms with van der Waals surface area (Å²) in [4.78, 5) is 21.2. The molecule has 1 aliphatic rings. The number of ether oxygens (including phenoxy) is 1. The minimum Gasteiger partial charge on any atom is -0.377 e. The van der Waals surface area contributed by atoms with Gasteiger partial charge in [0.2, 0.25) is 0 Å². The molecule has 0 amide bonds. The predicted molar refractivity (Wildman–Crippen MR) is 94.3 cm³/mol. The van der Waals surface area contributed by atoms with Gasteiger partial charge in [-0.15, -0.1) is 11.3 Å². The number of aromatic nitrogens is 4. The van der Waals surface area contributed by atoms with E-state index in [9.17, 15) is 0 Å². The summed E-state index contributed by atoms with van der Waals surface area (Å²) in [6, 6.07) is 4.13. The topological polar surface area (TPSA) is 64.0 Å². The highest BCUT2D eigenvalue weighted by atomic mass is 32.1. The third kappa shape index (κ3) is 2.97. The van der Waals surface area contributed by atoms with Crippen molar-refractivity contribution in [2.45, 2.75) is 25.4 Å². The van der Waals surface area contributed by atoms with Crippen molar-refractivity contribution >= 4 is 27.4 Å². The molecule has 1 atom stereocenters. The number of hydrogen-bond acceptors (Lipinski definition) is 7. The minimum absolute atomic E-state index is 0.390. The molecule has 6 nitrogen and oxygen atoms in total. The van der Waals surface area contributed by atoms with Crippen molar-refractivity contribution in [1.29, 1.82) is 0 Å². The largest absolute Gasteiger partial charge is 0.377 e. The molecule has 3 aromatic rings. The number of piperidine rings is 1. The Bertz CT molecular complexity index is 836. The first-order valence-corrected chi connectivity index (χ1v) is 8.97. The van der Waals surface area contributed by atoms with E-state index in [0.717, 1.165) is 53.5 Å². The fourth-order valence-corrected chi connectivity index (χ4v) is 4.01. The summed E-state index contributed by atoms with van der Waals surface area (Å²) in [7, 11) is 1.67. The number of hydrogen-bond donors (Lipinski definition) is 0. The van der Waals surface area contributed by atoms with E-state index in [1.807, 2.05) is 12.3 Å². The van der Waals surface area contributed by atoms with Gasteiger partial charge < -0.3 is 9.64 Å². The molecule has 0 spiro atoms. The van der Waals surface area contributed by atoms with Crippen LogP contribution in [0, 0.1) is 0 Å². The number of anilines is 1. The standard InChI is InChI=1S/C17H19N5OS/c1-23-10-15-18-6-4-14(21-15)12-3-2-7-22(9-12)16-13-5-8-24-17(13)20-11-19-16/h4-6,8,11-12H,2-3,7,9-10H2,1H3. The lowest BCUT2D eigenvalue weighted by atomic mass is 9.94. The molecule has 0 aromatic carbocycles. The van der Waals surface area contributed by atoms with Crippen molar-refractivity contribution in [3.05, 3.63) is 41.6 Å². The normalized spacial score (nSPS) is 18.2. The fraction of sp³-hybridized carbons (Fsp3) is 0.412. The average Bonchev–Trinajstić information content (AvgIpc) is 3.11. The number of methoxy groups -OCH3 is 1. The second kappa shape index (κ2) is 6.78. The molecule has 0 aliphatic carbocycles. The van der Waals surface area contributed by atoms with Gasteiger partial charge in [0.05, 0.1) is 5.39 Å². The van der Waals surface area contributed by atoms with Gasteiger partial charge in [-0.3, -0.25) is 0 Å². The van der Waals surface area contributed by atoms with Crippen molar-refractivity contribution < 1.29 is 4.74 Å². The van der Waals surface area contributed by atoms with E-state index in [2.05, 4.69) is 36.3 Å². The highest BCUT2D eigenvalue weighted by Gasteiger charge is 2.25. The van der Waals surface area contributed by atoms with Crippen molar-refractivity contribution in [3.8, 4) is 0 Å². The summed E-state index contributed by atoms with van der Waals surface area (Å²) in [6.45, 7) is 2.39. The highest BCUT2D eigenvalue weighted by Crippen LogP contribution is 2.32. The van der Waals surface area contributed by atoms with Gasteiger partial charge in [0.25, 0.3) is 0 Å². The van der Waals surface area contributed by atoms with Crippen LogP contribution in [0.2, 0.25) is 0 Å². The Morgan fingerprint density at radius 3 is 3.17 bits per heavy atom. The Morgan fingerprint density at radius 2 is 2.25 bits per heavy atom. The number of thiophene rings is 1. The molecule has 4 rings (SSSR count). The smallest absolute Gasteiger partial charge is 0.154 e. The van der Waals surface area contributed by atoms with Gasteiger partial charge in [0.15, 0.2) is 5.82 Å². The molecular formula is C17H19N5OS. The maximum Gasteiger partial charge on any atom is 0.154 e. The molecule has 1 saturated heterocycles. The summed E-state index contributed by atoms with van der Waals surface area (Å²) in [5, 5.41) is 3.22. The van der Waals surface area contributed by atoms with Crippen LogP contribution < -0.4 is 4.90 Å². The summed E-state index contributed by atoms with van der Waals surface area (Å²) >= 11 is 1.66. The molecule has 3 aromatic heterocycles. The van der Waals surface area contributed by atoms with Crippen molar-refractivity contribution in [3.63, 3.8) is 0 Å². The van der Waals surface area contributed by atoms with Gasteiger partial charge in [-0.25, -0.2) is 19.9 Å². The molecule has 4 heterocycles. The molecular weight excluding hydrogens is 322 g/mol. The monoisotopic (exact) mass is 341 g/mol. The zero-order valence-corrected chi connectivity index (χ0v) is 14.4. The Balaban J connectivity index is 1.60. The van der Waals surface area contributed by atoms with E-state index in [4.69, 9.17) is 4.74 Å². The first-order chi connectivity index (χ1) is 11.8. The molecule has 0 saturated carbocycles. The van der Waals surface area contributed by atoms with Crippen LogP contribution in [-0.2, 0) is 11.3 Å². The van der Waals surface area contributed by atoms with Crippen LogP contribution in [-0.4, -0.2) is 40.1 Å². The van der Waals surface area contributed by atoms with E-state index >= 15 is 0 Å². The lowest BCUT2D eigenvalue weighted by Crippen LogP contribution is -2.35. The van der Waals surface area contributed by atoms with Gasteiger partial charge in [-0.1, -0.05) is 0 Å². The number of rotatable bonds is 4. The van der Waals surface area contributed by atoms with Crippen molar-refractivity contribution in [1.82, 2.24) is 19.9 Å². The lowest BCUT2D eigenvalue weighted by Gasteiger charge is -2.33. The molecule has 24 heavy (non-hydrogen) atoms. The number of nitrogens with zero attached hydrogens (tertiary/aromatic N) is 5.